The zero-order valence-electron chi connectivity index (χ0n) is 9.30. The first-order valence-corrected chi connectivity index (χ1v) is 5.34. The number of nitrogens with two attached hydrogens (primary N) is 1. The third kappa shape index (κ3) is 1.66. The van der Waals surface area contributed by atoms with Gasteiger partial charge in [0.15, 0.2) is 0 Å². The van der Waals surface area contributed by atoms with Crippen molar-refractivity contribution >= 4 is 5.95 Å². The minimum atomic E-state index is -0.465. The van der Waals surface area contributed by atoms with Crippen LogP contribution in [0.25, 0.3) is 11.7 Å². The van der Waals surface area contributed by atoms with Gasteiger partial charge < -0.3 is 15.0 Å². The van der Waals surface area contributed by atoms with Crippen molar-refractivity contribution in [2.24, 2.45) is 0 Å². The predicted molar refractivity (Wildman–Crippen MR) is 56.6 cm³/mol. The molecule has 90 valence electrons. The number of ether oxygens (including phenoxy) is 1. The quantitative estimate of drug-likeness (QED) is 0.778. The summed E-state index contributed by atoms with van der Waals surface area (Å²) in [6, 6.07) is 0. The molecule has 0 spiro atoms. The lowest BCUT2D eigenvalue weighted by molar-refractivity contribution is 0.00768. The maximum atomic E-state index is 5.62. The van der Waals surface area contributed by atoms with Crippen LogP contribution in [0.3, 0.4) is 0 Å². The maximum Gasteiger partial charge on any atom is 0.295 e. The maximum absolute atomic E-state index is 5.62. The van der Waals surface area contributed by atoms with Crippen LogP contribution in [-0.4, -0.2) is 31.9 Å². The van der Waals surface area contributed by atoms with E-state index in [4.69, 9.17) is 15.0 Å². The highest BCUT2D eigenvalue weighted by Crippen LogP contribution is 2.34. The van der Waals surface area contributed by atoms with Crippen LogP contribution in [0.4, 0.5) is 5.95 Å². The highest BCUT2D eigenvalue weighted by atomic mass is 16.5. The molecule has 8 nitrogen and oxygen atoms in total. The molecule has 2 aromatic heterocycles. The van der Waals surface area contributed by atoms with E-state index in [2.05, 4.69) is 25.3 Å². The number of hydrogen-bond donors (Lipinski definition) is 2. The van der Waals surface area contributed by atoms with Gasteiger partial charge in [-0.05, 0) is 19.8 Å². The molecule has 3 rings (SSSR count). The van der Waals surface area contributed by atoms with E-state index >= 15 is 0 Å². The Morgan fingerprint density at radius 2 is 2.29 bits per heavy atom. The average molecular weight is 236 g/mol. The number of aromatic nitrogens is 5. The van der Waals surface area contributed by atoms with Crippen LogP contribution in [0.5, 0.6) is 0 Å². The van der Waals surface area contributed by atoms with E-state index in [-0.39, 0.29) is 11.8 Å². The van der Waals surface area contributed by atoms with Gasteiger partial charge in [-0.3, -0.25) is 5.10 Å². The Labute approximate surface area is 96.6 Å². The Kier molecular flexibility index (Phi) is 2.11. The second kappa shape index (κ2) is 3.52. The summed E-state index contributed by atoms with van der Waals surface area (Å²) in [5.74, 6) is 1.30. The van der Waals surface area contributed by atoms with Crippen LogP contribution in [0.2, 0.25) is 0 Å². The molecule has 0 bridgehead atoms. The molecule has 3 N–H and O–H groups in total. The number of rotatable bonds is 2. The van der Waals surface area contributed by atoms with E-state index in [1.807, 2.05) is 6.92 Å². The van der Waals surface area contributed by atoms with Crippen LogP contribution in [-0.2, 0) is 10.3 Å². The molecule has 17 heavy (non-hydrogen) atoms. The molecule has 1 aliphatic heterocycles. The molecular weight excluding hydrogens is 224 g/mol. The minimum absolute atomic E-state index is 0.142. The van der Waals surface area contributed by atoms with Gasteiger partial charge in [-0.1, -0.05) is 5.16 Å². The summed E-state index contributed by atoms with van der Waals surface area (Å²) in [4.78, 5) is 8.17. The number of hydrogen-bond acceptors (Lipinski definition) is 7. The van der Waals surface area contributed by atoms with Crippen molar-refractivity contribution in [3.8, 4) is 11.7 Å². The molecule has 2 aromatic rings. The van der Waals surface area contributed by atoms with E-state index in [0.717, 1.165) is 19.4 Å². The minimum Gasteiger partial charge on any atom is -0.367 e. The zero-order valence-corrected chi connectivity index (χ0v) is 9.30. The van der Waals surface area contributed by atoms with Crippen molar-refractivity contribution < 1.29 is 9.26 Å². The van der Waals surface area contributed by atoms with E-state index in [0.29, 0.717) is 11.6 Å². The largest absolute Gasteiger partial charge is 0.367 e. The van der Waals surface area contributed by atoms with Gasteiger partial charge in [-0.15, -0.1) is 5.10 Å². The van der Waals surface area contributed by atoms with Gasteiger partial charge >= 0.3 is 0 Å². The van der Waals surface area contributed by atoms with Crippen LogP contribution in [0, 0.1) is 0 Å². The third-order valence-electron chi connectivity index (χ3n) is 2.82. The van der Waals surface area contributed by atoms with Crippen LogP contribution in [0.15, 0.2) is 4.52 Å². The van der Waals surface area contributed by atoms with Crippen molar-refractivity contribution in [2.45, 2.75) is 25.4 Å². The molecule has 3 heterocycles. The second-order valence-corrected chi connectivity index (χ2v) is 4.15. The Hall–Kier alpha value is -1.96. The Balaban J connectivity index is 1.92. The van der Waals surface area contributed by atoms with Crippen molar-refractivity contribution in [3.05, 3.63) is 5.82 Å². The number of H-pyrrole nitrogens is 1. The van der Waals surface area contributed by atoms with Gasteiger partial charge in [-0.2, -0.15) is 9.97 Å². The first kappa shape index (κ1) is 10.2. The zero-order chi connectivity index (χ0) is 11.9. The Bertz CT molecular complexity index is 527. The van der Waals surface area contributed by atoms with Crippen LogP contribution >= 0.6 is 0 Å². The number of nitrogens with one attached hydrogen (secondary N) is 1. The topological polar surface area (TPSA) is 116 Å². The number of aromatic amines is 1. The fourth-order valence-electron chi connectivity index (χ4n) is 1.86. The van der Waals surface area contributed by atoms with E-state index in [1.54, 1.807) is 0 Å². The standard InChI is InChI=1S/C9H12N6O2/c1-9(3-2-4-16-9)7-12-6(17-15-7)5-11-8(10)14-13-5/h2-4H2,1H3,(H3,10,11,13,14). The molecule has 1 fully saturated rings. The van der Waals surface area contributed by atoms with E-state index in [1.165, 1.54) is 0 Å². The third-order valence-corrected chi connectivity index (χ3v) is 2.82. The summed E-state index contributed by atoms with van der Waals surface area (Å²) in [6.07, 6.45) is 1.88. The normalized spacial score (nSPS) is 24.3. The summed E-state index contributed by atoms with van der Waals surface area (Å²) >= 11 is 0. The molecule has 8 heteroatoms. The number of nitrogen functional groups attached to an aromatic ring is 1. The van der Waals surface area contributed by atoms with Crippen molar-refractivity contribution in [1.82, 2.24) is 25.3 Å². The smallest absolute Gasteiger partial charge is 0.295 e. The first-order valence-electron chi connectivity index (χ1n) is 5.34. The molecule has 0 aromatic carbocycles. The molecule has 1 aliphatic rings. The van der Waals surface area contributed by atoms with Crippen molar-refractivity contribution in [3.63, 3.8) is 0 Å². The summed E-state index contributed by atoms with van der Waals surface area (Å²) < 4.78 is 10.7. The Morgan fingerprint density at radius 3 is 2.94 bits per heavy atom. The average Bonchev–Trinajstić information content (AvgIpc) is 2.96. The van der Waals surface area contributed by atoms with E-state index < -0.39 is 5.60 Å². The van der Waals surface area contributed by atoms with Gasteiger partial charge in [-0.25, -0.2) is 0 Å². The summed E-state index contributed by atoms with van der Waals surface area (Å²) in [6.45, 7) is 2.67. The Morgan fingerprint density at radius 1 is 1.41 bits per heavy atom. The molecule has 1 saturated heterocycles. The molecule has 1 unspecified atom stereocenters. The van der Waals surface area contributed by atoms with Gasteiger partial charge in [0.05, 0.1) is 0 Å². The van der Waals surface area contributed by atoms with Gasteiger partial charge in [0.25, 0.3) is 5.89 Å². The predicted octanol–water partition coefficient (Wildman–Crippen LogP) is 0.462. The highest BCUT2D eigenvalue weighted by molar-refractivity contribution is 5.41. The second-order valence-electron chi connectivity index (χ2n) is 4.15. The summed E-state index contributed by atoms with van der Waals surface area (Å²) in [5, 5.41) is 10.2. The van der Waals surface area contributed by atoms with Gasteiger partial charge in [0.2, 0.25) is 17.6 Å². The monoisotopic (exact) mass is 236 g/mol. The van der Waals surface area contributed by atoms with Crippen LogP contribution < -0.4 is 5.73 Å². The SMILES string of the molecule is CC1(c2noc(-c3nc(N)n[nH]3)n2)CCCO1. The molecule has 0 amide bonds. The molecule has 0 aliphatic carbocycles. The van der Waals surface area contributed by atoms with Crippen molar-refractivity contribution in [2.75, 3.05) is 12.3 Å². The molecule has 0 saturated carbocycles. The lowest BCUT2D eigenvalue weighted by Crippen LogP contribution is -2.21. The van der Waals surface area contributed by atoms with Crippen LogP contribution in [0.1, 0.15) is 25.6 Å². The number of nitrogens with zero attached hydrogens (tertiary/aromatic N) is 4. The lowest BCUT2D eigenvalue weighted by Gasteiger charge is -2.17. The number of anilines is 1. The van der Waals surface area contributed by atoms with E-state index in [9.17, 15) is 0 Å². The van der Waals surface area contributed by atoms with Gasteiger partial charge in [0, 0.05) is 6.61 Å². The highest BCUT2D eigenvalue weighted by Gasteiger charge is 2.37. The first-order chi connectivity index (χ1) is 8.17. The molecule has 0 radical (unpaired) electrons. The fraction of sp³-hybridized carbons (Fsp3) is 0.556. The molecular formula is C9H12N6O2. The summed E-state index contributed by atoms with van der Waals surface area (Å²) in [7, 11) is 0. The van der Waals surface area contributed by atoms with Crippen molar-refractivity contribution in [1.29, 1.82) is 0 Å². The van der Waals surface area contributed by atoms with Gasteiger partial charge in [0.1, 0.15) is 5.60 Å². The summed E-state index contributed by atoms with van der Waals surface area (Å²) in [5.41, 5.74) is 4.94. The molecule has 1 atom stereocenters. The lowest BCUT2D eigenvalue weighted by atomic mass is 10.0. The fourth-order valence-corrected chi connectivity index (χ4v) is 1.86.